The molecule has 6 rings (SSSR count). The van der Waals surface area contributed by atoms with Gasteiger partial charge in [0.1, 0.15) is 17.8 Å². The molecule has 0 aromatic carbocycles. The molecule has 4 aromatic heterocycles. The van der Waals surface area contributed by atoms with Crippen LogP contribution in [0.4, 0.5) is 5.82 Å². The van der Waals surface area contributed by atoms with Crippen molar-refractivity contribution < 1.29 is 0 Å². The maximum absolute atomic E-state index is 5.06. The molecule has 1 atom stereocenters. The summed E-state index contributed by atoms with van der Waals surface area (Å²) in [5.74, 6) is 3.26. The zero-order chi connectivity index (χ0) is 20.1. The predicted octanol–water partition coefficient (Wildman–Crippen LogP) is 2.85. The second-order valence-electron chi connectivity index (χ2n) is 7.82. The van der Waals surface area contributed by atoms with E-state index in [2.05, 4.69) is 42.2 Å². The summed E-state index contributed by atoms with van der Waals surface area (Å²) in [6, 6.07) is 0.611. The van der Waals surface area contributed by atoms with Crippen LogP contribution in [-0.2, 0) is 0 Å². The summed E-state index contributed by atoms with van der Waals surface area (Å²) < 4.78 is 3.93. The Bertz CT molecular complexity index is 1170. The first-order chi connectivity index (χ1) is 14.8. The number of hydrogen-bond donors (Lipinski definition) is 1. The third-order valence-corrected chi connectivity index (χ3v) is 6.17. The fourth-order valence-corrected chi connectivity index (χ4v) is 4.80. The van der Waals surface area contributed by atoms with E-state index in [1.807, 2.05) is 27.7 Å². The number of aromatic amines is 1. The third-order valence-electron chi connectivity index (χ3n) is 6.17. The largest absolute Gasteiger partial charge is 0.341 e. The van der Waals surface area contributed by atoms with E-state index in [1.54, 1.807) is 18.7 Å². The number of H-pyrrole nitrogens is 1. The lowest BCUT2D eigenvalue weighted by molar-refractivity contribution is 0.468. The lowest BCUT2D eigenvalue weighted by atomic mass is 10.0. The zero-order valence-electron chi connectivity index (χ0n) is 16.7. The SMILES string of the molecule is CCC1c2nncn2-c2cnc(-n3ccnc3-c3cn[nH]c3)nc2N1C1CCCC1. The number of imidazole rings is 1. The molecule has 2 aliphatic rings. The Morgan fingerprint density at radius 1 is 1.13 bits per heavy atom. The summed E-state index contributed by atoms with van der Waals surface area (Å²) in [6.45, 7) is 2.20. The summed E-state index contributed by atoms with van der Waals surface area (Å²) >= 11 is 0. The number of nitrogens with one attached hydrogen (secondary N) is 1. The van der Waals surface area contributed by atoms with Crippen LogP contribution in [0.5, 0.6) is 0 Å². The number of fused-ring (bicyclic) bond motifs is 3. The van der Waals surface area contributed by atoms with Crippen LogP contribution in [0, 0.1) is 0 Å². The summed E-state index contributed by atoms with van der Waals surface area (Å²) in [7, 11) is 0. The van der Waals surface area contributed by atoms with Crippen molar-refractivity contribution >= 4 is 5.82 Å². The molecule has 5 heterocycles. The van der Waals surface area contributed by atoms with Gasteiger partial charge in [0.15, 0.2) is 11.6 Å². The average molecular weight is 402 g/mol. The molecule has 1 fully saturated rings. The van der Waals surface area contributed by atoms with Crippen molar-refractivity contribution in [2.45, 2.75) is 51.1 Å². The van der Waals surface area contributed by atoms with Crippen LogP contribution in [0.2, 0.25) is 0 Å². The first-order valence-electron chi connectivity index (χ1n) is 10.4. The van der Waals surface area contributed by atoms with E-state index in [1.165, 1.54) is 25.7 Å². The van der Waals surface area contributed by atoms with Gasteiger partial charge in [0.05, 0.1) is 24.0 Å². The maximum Gasteiger partial charge on any atom is 0.237 e. The molecule has 0 bridgehead atoms. The van der Waals surface area contributed by atoms with Gasteiger partial charge in [-0.2, -0.15) is 10.1 Å². The number of rotatable bonds is 4. The molecule has 30 heavy (non-hydrogen) atoms. The zero-order valence-corrected chi connectivity index (χ0v) is 16.7. The van der Waals surface area contributed by atoms with E-state index in [4.69, 9.17) is 4.98 Å². The van der Waals surface area contributed by atoms with Crippen molar-refractivity contribution in [3.63, 3.8) is 0 Å². The summed E-state index contributed by atoms with van der Waals surface area (Å²) in [5.41, 5.74) is 1.82. The Kier molecular flexibility index (Phi) is 3.90. The monoisotopic (exact) mass is 402 g/mol. The Labute approximate surface area is 173 Å². The highest BCUT2D eigenvalue weighted by atomic mass is 15.4. The van der Waals surface area contributed by atoms with Crippen molar-refractivity contribution in [3.05, 3.63) is 43.1 Å². The quantitative estimate of drug-likeness (QED) is 0.559. The van der Waals surface area contributed by atoms with E-state index in [0.29, 0.717) is 12.0 Å². The summed E-state index contributed by atoms with van der Waals surface area (Å²) in [4.78, 5) is 16.7. The van der Waals surface area contributed by atoms with E-state index in [-0.39, 0.29) is 6.04 Å². The Balaban J connectivity index is 1.52. The Morgan fingerprint density at radius 3 is 2.83 bits per heavy atom. The van der Waals surface area contributed by atoms with Gasteiger partial charge in [-0.05, 0) is 19.3 Å². The first kappa shape index (κ1) is 17.3. The third kappa shape index (κ3) is 2.49. The molecule has 1 N–H and O–H groups in total. The van der Waals surface area contributed by atoms with Crippen molar-refractivity contribution in [1.82, 2.24) is 44.5 Å². The van der Waals surface area contributed by atoms with E-state index >= 15 is 0 Å². The van der Waals surface area contributed by atoms with Gasteiger partial charge in [0.2, 0.25) is 5.95 Å². The van der Waals surface area contributed by atoms with E-state index in [9.17, 15) is 0 Å². The highest BCUT2D eigenvalue weighted by Crippen LogP contribution is 2.42. The molecule has 4 aromatic rings. The highest BCUT2D eigenvalue weighted by molar-refractivity contribution is 5.63. The minimum absolute atomic E-state index is 0.155. The number of nitrogens with zero attached hydrogens (tertiary/aromatic N) is 9. The minimum Gasteiger partial charge on any atom is -0.341 e. The first-order valence-corrected chi connectivity index (χ1v) is 10.4. The number of aromatic nitrogens is 9. The average Bonchev–Trinajstić information content (AvgIpc) is 3.57. The fourth-order valence-electron chi connectivity index (χ4n) is 4.80. The van der Waals surface area contributed by atoms with Gasteiger partial charge in [-0.3, -0.25) is 14.2 Å². The van der Waals surface area contributed by atoms with Crippen molar-refractivity contribution in [2.24, 2.45) is 0 Å². The van der Waals surface area contributed by atoms with Gasteiger partial charge in [0, 0.05) is 24.6 Å². The maximum atomic E-state index is 5.06. The number of anilines is 1. The van der Waals surface area contributed by atoms with E-state index < -0.39 is 0 Å². The Morgan fingerprint density at radius 2 is 2.03 bits per heavy atom. The van der Waals surface area contributed by atoms with Crippen molar-refractivity contribution in [2.75, 3.05) is 4.90 Å². The van der Waals surface area contributed by atoms with Gasteiger partial charge in [-0.25, -0.2) is 9.97 Å². The van der Waals surface area contributed by atoms with Crippen molar-refractivity contribution in [1.29, 1.82) is 0 Å². The molecule has 0 spiro atoms. The highest BCUT2D eigenvalue weighted by Gasteiger charge is 2.38. The van der Waals surface area contributed by atoms with Crippen LogP contribution >= 0.6 is 0 Å². The van der Waals surface area contributed by atoms with Crippen LogP contribution in [-0.4, -0.2) is 50.5 Å². The second kappa shape index (κ2) is 6.75. The lowest BCUT2D eigenvalue weighted by Gasteiger charge is -2.40. The molecule has 1 aliphatic heterocycles. The summed E-state index contributed by atoms with van der Waals surface area (Å²) in [6.07, 6.45) is 16.6. The van der Waals surface area contributed by atoms with Crippen LogP contribution in [0.25, 0.3) is 23.0 Å². The van der Waals surface area contributed by atoms with Crippen LogP contribution in [0.15, 0.2) is 37.3 Å². The molecule has 0 radical (unpaired) electrons. The molecule has 152 valence electrons. The van der Waals surface area contributed by atoms with Crippen LogP contribution in [0.1, 0.15) is 50.9 Å². The molecule has 1 unspecified atom stereocenters. The van der Waals surface area contributed by atoms with Gasteiger partial charge in [-0.15, -0.1) is 10.2 Å². The summed E-state index contributed by atoms with van der Waals surface area (Å²) in [5, 5.41) is 15.5. The standard InChI is InChI=1S/C20H22N10/c1-2-15-19-27-25-12-29(19)16-11-22-20(26-18(16)30(15)14-5-3-4-6-14)28-8-7-21-17(28)13-9-23-24-10-13/h7-12,14-15H,2-6H2,1H3,(H,23,24). The molecule has 0 saturated heterocycles. The number of hydrogen-bond acceptors (Lipinski definition) is 7. The lowest BCUT2D eigenvalue weighted by Crippen LogP contribution is -2.42. The van der Waals surface area contributed by atoms with Gasteiger partial charge >= 0.3 is 0 Å². The minimum atomic E-state index is 0.155. The molecule has 10 nitrogen and oxygen atoms in total. The normalized spacial score (nSPS) is 18.6. The molecular formula is C20H22N10. The molecule has 1 saturated carbocycles. The molecule has 10 heteroatoms. The van der Waals surface area contributed by atoms with Gasteiger partial charge in [0.25, 0.3) is 0 Å². The van der Waals surface area contributed by atoms with E-state index in [0.717, 1.165) is 35.1 Å². The fraction of sp³-hybridized carbons (Fsp3) is 0.400. The van der Waals surface area contributed by atoms with Crippen LogP contribution < -0.4 is 4.90 Å². The van der Waals surface area contributed by atoms with Gasteiger partial charge in [-0.1, -0.05) is 19.8 Å². The van der Waals surface area contributed by atoms with Gasteiger partial charge < -0.3 is 4.90 Å². The van der Waals surface area contributed by atoms with Crippen molar-refractivity contribution in [3.8, 4) is 23.0 Å². The second-order valence-corrected chi connectivity index (χ2v) is 7.82. The molecular weight excluding hydrogens is 380 g/mol. The molecule has 1 aliphatic carbocycles. The topological polar surface area (TPSA) is 106 Å². The smallest absolute Gasteiger partial charge is 0.237 e. The van der Waals surface area contributed by atoms with Crippen LogP contribution in [0.3, 0.4) is 0 Å². The Hall–Kier alpha value is -3.56. The predicted molar refractivity (Wildman–Crippen MR) is 109 cm³/mol. The molecule has 0 amide bonds.